The van der Waals surface area contributed by atoms with E-state index in [1.165, 1.54) is 12.1 Å². The minimum atomic E-state index is -0.268. The Kier molecular flexibility index (Phi) is 6.16. The van der Waals surface area contributed by atoms with Gasteiger partial charge >= 0.3 is 0 Å². The molecule has 6 nitrogen and oxygen atoms in total. The summed E-state index contributed by atoms with van der Waals surface area (Å²) in [4.78, 5) is 9.16. The average molecular weight is 453 g/mol. The molecule has 5 rings (SSSR count). The van der Waals surface area contributed by atoms with Gasteiger partial charge in [0, 0.05) is 37.9 Å². The Hall–Kier alpha value is -2.81. The summed E-state index contributed by atoms with van der Waals surface area (Å²) in [5.41, 5.74) is 1.74. The molecular weight excluding hydrogens is 427 g/mol. The predicted octanol–water partition coefficient (Wildman–Crippen LogP) is 3.79. The van der Waals surface area contributed by atoms with Crippen LogP contribution in [0.3, 0.4) is 0 Å². The lowest BCUT2D eigenvalue weighted by atomic mass is 10.0. The lowest BCUT2D eigenvalue weighted by Gasteiger charge is -2.31. The summed E-state index contributed by atoms with van der Waals surface area (Å²) in [5.74, 6) is 1.23. The highest BCUT2D eigenvalue weighted by atomic mass is 32.1. The molecule has 32 heavy (non-hydrogen) atoms. The van der Waals surface area contributed by atoms with Crippen molar-refractivity contribution < 1.29 is 13.5 Å². The van der Waals surface area contributed by atoms with Gasteiger partial charge in [0.25, 0.3) is 0 Å². The number of furan rings is 1. The fourth-order valence-corrected chi connectivity index (χ4v) is 4.64. The van der Waals surface area contributed by atoms with E-state index in [1.54, 1.807) is 18.3 Å². The molecule has 1 N–H and O–H groups in total. The second-order valence-corrected chi connectivity index (χ2v) is 8.37. The minimum Gasteiger partial charge on any atom is -0.459 e. The maximum absolute atomic E-state index is 13.3. The van der Waals surface area contributed by atoms with Gasteiger partial charge in [-0.2, -0.15) is 0 Å². The van der Waals surface area contributed by atoms with Crippen LogP contribution in [0.5, 0.6) is 0 Å². The van der Waals surface area contributed by atoms with Crippen LogP contribution in [0.2, 0.25) is 0 Å². The molecule has 0 unspecified atom stereocenters. The summed E-state index contributed by atoms with van der Waals surface area (Å²) < 4.78 is 25.1. The van der Waals surface area contributed by atoms with Crippen LogP contribution in [-0.2, 0) is 4.74 Å². The first-order chi connectivity index (χ1) is 15.7. The molecule has 2 aromatic heterocycles. The number of hydrogen-bond acceptors (Lipinski definition) is 5. The summed E-state index contributed by atoms with van der Waals surface area (Å²) in [7, 11) is 0. The molecule has 0 aliphatic carbocycles. The molecule has 2 aliphatic heterocycles. The zero-order valence-corrected chi connectivity index (χ0v) is 18.4. The number of nitrogens with one attached hydrogen (secondary N) is 1. The zero-order valence-electron chi connectivity index (χ0n) is 17.6. The summed E-state index contributed by atoms with van der Waals surface area (Å²) in [5, 5.41) is 4.15. The van der Waals surface area contributed by atoms with E-state index in [0.717, 1.165) is 56.4 Å². The molecule has 4 heterocycles. The van der Waals surface area contributed by atoms with E-state index in [-0.39, 0.29) is 17.9 Å². The number of aromatic nitrogens is 1. The topological polar surface area (TPSA) is 53.8 Å². The monoisotopic (exact) mass is 452 g/mol. The third kappa shape index (κ3) is 4.39. The van der Waals surface area contributed by atoms with E-state index < -0.39 is 0 Å². The number of ether oxygens (including phenoxy) is 1. The van der Waals surface area contributed by atoms with Crippen LogP contribution >= 0.6 is 12.2 Å². The molecule has 0 amide bonds. The Morgan fingerprint density at radius 3 is 2.59 bits per heavy atom. The molecule has 3 aromatic rings. The fourth-order valence-electron chi connectivity index (χ4n) is 4.31. The van der Waals surface area contributed by atoms with E-state index in [0.29, 0.717) is 10.9 Å². The molecule has 0 spiro atoms. The van der Waals surface area contributed by atoms with Gasteiger partial charge < -0.3 is 19.4 Å². The lowest BCUT2D eigenvalue weighted by Crippen LogP contribution is -2.42. The molecule has 0 bridgehead atoms. The molecular formula is C24H25FN4O2S. The number of morpholine rings is 1. The van der Waals surface area contributed by atoms with Gasteiger partial charge in [0.2, 0.25) is 0 Å². The van der Waals surface area contributed by atoms with Gasteiger partial charge in [0.05, 0.1) is 24.9 Å². The highest BCUT2D eigenvalue weighted by Crippen LogP contribution is 2.40. The second-order valence-electron chi connectivity index (χ2n) is 7.98. The van der Waals surface area contributed by atoms with Crippen LogP contribution in [0.25, 0.3) is 11.3 Å². The van der Waals surface area contributed by atoms with Gasteiger partial charge in [0.1, 0.15) is 23.4 Å². The van der Waals surface area contributed by atoms with Gasteiger partial charge in [-0.1, -0.05) is 6.07 Å². The van der Waals surface area contributed by atoms with Gasteiger partial charge in [-0.05, 0) is 60.7 Å². The summed E-state index contributed by atoms with van der Waals surface area (Å²) in [6.45, 7) is 5.05. The van der Waals surface area contributed by atoms with Crippen LogP contribution in [0, 0.1) is 5.82 Å². The van der Waals surface area contributed by atoms with Crippen molar-refractivity contribution in [3.63, 3.8) is 0 Å². The molecule has 2 atom stereocenters. The van der Waals surface area contributed by atoms with Crippen LogP contribution in [0.1, 0.15) is 23.5 Å². The quantitative estimate of drug-likeness (QED) is 0.571. The van der Waals surface area contributed by atoms with Crippen molar-refractivity contribution in [2.45, 2.75) is 12.1 Å². The van der Waals surface area contributed by atoms with Gasteiger partial charge in [-0.3, -0.25) is 9.88 Å². The molecule has 2 fully saturated rings. The largest absolute Gasteiger partial charge is 0.459 e. The Morgan fingerprint density at radius 1 is 1.03 bits per heavy atom. The predicted molar refractivity (Wildman–Crippen MR) is 124 cm³/mol. The Bertz CT molecular complexity index is 1050. The van der Waals surface area contributed by atoms with Crippen LogP contribution in [0.4, 0.5) is 4.39 Å². The molecule has 1 aromatic carbocycles. The number of nitrogens with zero attached hydrogens (tertiary/aromatic N) is 3. The minimum absolute atomic E-state index is 0.124. The van der Waals surface area contributed by atoms with Gasteiger partial charge in [-0.15, -0.1) is 0 Å². The Labute approximate surface area is 192 Å². The standard InChI is InChI=1S/C24H25FN4O2S/c25-18-6-4-17(5-7-18)20-8-9-21(31-20)23-22(19-3-1-2-10-26-19)27-24(32)29(23)12-11-28-13-15-30-16-14-28/h1-10,22-23H,11-16H2,(H,27,32)/t22-,23-/m1/s1. The molecule has 8 heteroatoms. The van der Waals surface area contributed by atoms with Crippen LogP contribution in [0.15, 0.2) is 65.2 Å². The fraction of sp³-hybridized carbons (Fsp3) is 0.333. The maximum atomic E-state index is 13.3. The van der Waals surface area contributed by atoms with E-state index >= 15 is 0 Å². The van der Waals surface area contributed by atoms with E-state index in [1.807, 2.05) is 30.3 Å². The van der Waals surface area contributed by atoms with Crippen molar-refractivity contribution in [1.29, 1.82) is 0 Å². The molecule has 2 aliphatic rings. The van der Waals surface area contributed by atoms with E-state index in [9.17, 15) is 4.39 Å². The van der Waals surface area contributed by atoms with Crippen molar-refractivity contribution >= 4 is 17.3 Å². The lowest BCUT2D eigenvalue weighted by molar-refractivity contribution is 0.0347. The average Bonchev–Trinajstić information content (AvgIpc) is 3.44. The second kappa shape index (κ2) is 9.36. The first kappa shape index (κ1) is 21.1. The summed E-state index contributed by atoms with van der Waals surface area (Å²) in [6, 6.07) is 15.9. The molecule has 166 valence electrons. The van der Waals surface area contributed by atoms with Gasteiger partial charge in [-0.25, -0.2) is 4.39 Å². The van der Waals surface area contributed by atoms with Crippen molar-refractivity contribution in [2.24, 2.45) is 0 Å². The highest BCUT2D eigenvalue weighted by Gasteiger charge is 2.41. The summed E-state index contributed by atoms with van der Waals surface area (Å²) in [6.07, 6.45) is 1.79. The number of hydrogen-bond donors (Lipinski definition) is 1. The Balaban J connectivity index is 1.43. The number of halogens is 1. The molecule has 2 saturated heterocycles. The third-order valence-corrected chi connectivity index (χ3v) is 6.36. The van der Waals surface area contributed by atoms with Crippen molar-refractivity contribution in [2.75, 3.05) is 39.4 Å². The smallest absolute Gasteiger partial charge is 0.170 e. The van der Waals surface area contributed by atoms with Crippen molar-refractivity contribution in [1.82, 2.24) is 20.1 Å². The van der Waals surface area contributed by atoms with Crippen LogP contribution in [-0.4, -0.2) is 59.3 Å². The first-order valence-electron chi connectivity index (χ1n) is 10.8. The zero-order chi connectivity index (χ0) is 21.9. The highest BCUT2D eigenvalue weighted by molar-refractivity contribution is 7.80. The first-order valence-corrected chi connectivity index (χ1v) is 11.2. The summed E-state index contributed by atoms with van der Waals surface area (Å²) >= 11 is 5.74. The van der Waals surface area contributed by atoms with E-state index in [2.05, 4.69) is 20.1 Å². The number of pyridine rings is 1. The maximum Gasteiger partial charge on any atom is 0.170 e. The Morgan fingerprint density at radius 2 is 1.84 bits per heavy atom. The van der Waals surface area contributed by atoms with Gasteiger partial charge in [0.15, 0.2) is 5.11 Å². The molecule has 0 radical (unpaired) electrons. The molecule has 0 saturated carbocycles. The third-order valence-electron chi connectivity index (χ3n) is 6.01. The van der Waals surface area contributed by atoms with Crippen molar-refractivity contribution in [3.05, 3.63) is 78.1 Å². The number of rotatable bonds is 6. The van der Waals surface area contributed by atoms with Crippen LogP contribution < -0.4 is 5.32 Å². The van der Waals surface area contributed by atoms with Crippen molar-refractivity contribution in [3.8, 4) is 11.3 Å². The SMILES string of the molecule is Fc1ccc(-c2ccc([C@@H]3[C@@H](c4ccccn4)NC(=S)N3CCN3CCOCC3)o2)cc1. The normalized spacial score (nSPS) is 21.7. The van der Waals surface area contributed by atoms with E-state index in [4.69, 9.17) is 21.4 Å². The number of benzene rings is 1. The number of thiocarbonyl (C=S) groups is 1.